The van der Waals surface area contributed by atoms with Crippen LogP contribution >= 0.6 is 16.5 Å². The van der Waals surface area contributed by atoms with Crippen molar-refractivity contribution in [2.45, 2.75) is 0 Å². The second-order valence-electron chi connectivity index (χ2n) is 2.01. The van der Waals surface area contributed by atoms with E-state index in [4.69, 9.17) is 9.79 Å². The van der Waals surface area contributed by atoms with E-state index in [1.807, 2.05) is 0 Å². The van der Waals surface area contributed by atoms with Gasteiger partial charge in [-0.3, -0.25) is 0 Å². The molecular weight excluding hydrogens is 234 g/mol. The van der Waals surface area contributed by atoms with Crippen molar-refractivity contribution < 1.29 is 28.0 Å². The second-order valence-corrected chi connectivity index (χ2v) is 3.61. The van der Waals surface area contributed by atoms with E-state index < -0.39 is 16.5 Å². The van der Waals surface area contributed by atoms with Crippen LogP contribution in [0.15, 0.2) is 0 Å². The molecule has 10 heteroatoms. The largest absolute Gasteiger partial charge is 0.745 e. The van der Waals surface area contributed by atoms with Crippen LogP contribution < -0.4 is 5.32 Å². The van der Waals surface area contributed by atoms with E-state index in [1.54, 1.807) is 21.1 Å². The van der Waals surface area contributed by atoms with Crippen molar-refractivity contribution in [1.82, 2.24) is 10.2 Å². The van der Waals surface area contributed by atoms with E-state index in [2.05, 4.69) is 9.63 Å². The van der Waals surface area contributed by atoms with Gasteiger partial charge in [-0.1, -0.05) is 0 Å². The van der Waals surface area contributed by atoms with Gasteiger partial charge in [0.05, 0.1) is 0 Å². The minimum Gasteiger partial charge on any atom is -0.341 e. The summed E-state index contributed by atoms with van der Waals surface area (Å²) >= 11 is 0. The molecule has 0 aromatic carbocycles. The third kappa shape index (κ3) is 13.9. The number of urea groups is 1. The zero-order valence-electron chi connectivity index (χ0n) is 7.87. The quantitative estimate of drug-likeness (QED) is 0.599. The lowest BCUT2D eigenvalue weighted by Crippen LogP contribution is -2.31. The summed E-state index contributed by atoms with van der Waals surface area (Å²) in [6, 6.07) is -0.0694. The molecule has 0 radical (unpaired) electrons. The summed E-state index contributed by atoms with van der Waals surface area (Å²) in [6.45, 7) is 0. The van der Waals surface area contributed by atoms with Crippen LogP contribution in [0.5, 0.6) is 0 Å². The summed E-state index contributed by atoms with van der Waals surface area (Å²) in [5.41, 5.74) is 0. The van der Waals surface area contributed by atoms with Gasteiger partial charge >= 0.3 is 22.5 Å². The number of nitrogens with zero attached hydrogens (tertiary/aromatic N) is 1. The molecule has 14 heavy (non-hydrogen) atoms. The van der Waals surface area contributed by atoms with E-state index in [9.17, 15) is 13.9 Å². The minimum atomic E-state index is -2.92. The molecule has 2 atom stereocenters. The molecule has 0 aromatic heterocycles. The molecule has 0 fully saturated rings. The second kappa shape index (κ2) is 8.93. The van der Waals surface area contributed by atoms with Crippen molar-refractivity contribution >= 4 is 22.5 Å². The molecule has 2 unspecified atom stereocenters. The van der Waals surface area contributed by atoms with E-state index in [0.717, 1.165) is 0 Å². The van der Waals surface area contributed by atoms with Gasteiger partial charge < -0.3 is 10.2 Å². The zero-order valence-corrected chi connectivity index (χ0v) is 9.66. The summed E-state index contributed by atoms with van der Waals surface area (Å²) in [6.07, 6.45) is 0. The average Bonchev–Trinajstić information content (AvgIpc) is 2.01. The van der Waals surface area contributed by atoms with Crippen molar-refractivity contribution in [1.29, 1.82) is 0 Å². The molecule has 0 aliphatic carbocycles. The van der Waals surface area contributed by atoms with Crippen molar-refractivity contribution in [3.8, 4) is 0 Å². The fraction of sp³-hybridized carbons (Fsp3) is 0.750. The number of amides is 2. The van der Waals surface area contributed by atoms with E-state index >= 15 is 0 Å². The molecule has 0 heterocycles. The van der Waals surface area contributed by atoms with E-state index in [1.165, 1.54) is 4.90 Å². The predicted octanol–water partition coefficient (Wildman–Crippen LogP) is 0.190. The lowest BCUT2D eigenvalue weighted by molar-refractivity contribution is 0.219. The third-order valence-corrected chi connectivity index (χ3v) is 1.88. The third-order valence-electron chi connectivity index (χ3n) is 0.760. The molecule has 2 amide bonds. The number of hydrogen-bond acceptors (Lipinski definition) is 4. The molecule has 8 nitrogen and oxygen atoms in total. The lowest BCUT2D eigenvalue weighted by atomic mass is 10.8. The Morgan fingerprint density at radius 1 is 1.29 bits per heavy atom. The van der Waals surface area contributed by atoms with Gasteiger partial charge in [0.2, 0.25) is 0 Å². The maximum absolute atomic E-state index is 10.3. The highest BCUT2D eigenvalue weighted by Crippen LogP contribution is 2.30. The molecule has 0 bridgehead atoms. The number of carbonyl (C=O) groups is 1. The summed E-state index contributed by atoms with van der Waals surface area (Å²) in [4.78, 5) is 27.1. The first-order chi connectivity index (χ1) is 6.31. The fourth-order valence-electron chi connectivity index (χ4n) is 0.283. The van der Waals surface area contributed by atoms with E-state index in [-0.39, 0.29) is 6.03 Å². The summed E-state index contributed by atoms with van der Waals surface area (Å²) < 4.78 is 22.2. The normalized spacial score (nSPS) is 10.6. The first-order valence-electron chi connectivity index (χ1n) is 3.20. The monoisotopic (exact) mass is 246 g/mol. The van der Waals surface area contributed by atoms with Gasteiger partial charge in [0.1, 0.15) is 0 Å². The Balaban J connectivity index is 0. The van der Waals surface area contributed by atoms with Crippen LogP contribution in [0.1, 0.15) is 0 Å². The van der Waals surface area contributed by atoms with Crippen molar-refractivity contribution in [3.63, 3.8) is 0 Å². The Morgan fingerprint density at radius 2 is 1.64 bits per heavy atom. The van der Waals surface area contributed by atoms with Crippen LogP contribution in [0.25, 0.3) is 0 Å². The van der Waals surface area contributed by atoms with Crippen LogP contribution in [0.3, 0.4) is 0 Å². The lowest BCUT2D eigenvalue weighted by Gasteiger charge is -2.06. The van der Waals surface area contributed by atoms with Gasteiger partial charge in [0.25, 0.3) is 0 Å². The number of rotatable bonds is 2. The van der Waals surface area contributed by atoms with Crippen LogP contribution in [-0.2, 0) is 13.4 Å². The first kappa shape index (κ1) is 15.8. The summed E-state index contributed by atoms with van der Waals surface area (Å²) in [5, 5.41) is 2.45. The Hall–Kier alpha value is -0.650. The van der Waals surface area contributed by atoms with Crippen LogP contribution in [0.4, 0.5) is 4.79 Å². The highest BCUT2D eigenvalue weighted by atomic mass is 31.2. The van der Waals surface area contributed by atoms with Crippen molar-refractivity contribution in [2.75, 3.05) is 21.1 Å². The fourth-order valence-corrected chi connectivity index (χ4v) is 0.761. The molecule has 3 N–H and O–H groups in total. The Labute approximate surface area is 82.8 Å². The van der Waals surface area contributed by atoms with E-state index in [0.29, 0.717) is 0 Å². The predicted molar refractivity (Wildman–Crippen MR) is 48.9 cm³/mol. The minimum absolute atomic E-state index is 0.0694. The summed E-state index contributed by atoms with van der Waals surface area (Å²) in [5.74, 6) is 0. The van der Waals surface area contributed by atoms with Crippen LogP contribution in [0, 0.1) is 0 Å². The SMILES string of the molecule is CNC(=O)N(C)C.O=[P+](O)O[P+](=O)O. The van der Waals surface area contributed by atoms with Gasteiger partial charge in [0.15, 0.2) is 4.31 Å². The zero-order chi connectivity index (χ0) is 11.7. The molecule has 0 aromatic rings. The highest BCUT2D eigenvalue weighted by molar-refractivity contribution is 7.46. The molecule has 82 valence electrons. The Kier molecular flexibility index (Phi) is 10.1. The number of carbonyl (C=O) groups excluding carboxylic acids is 1. The smallest absolute Gasteiger partial charge is 0.341 e. The molecule has 0 saturated carbocycles. The van der Waals surface area contributed by atoms with Crippen LogP contribution in [-0.4, -0.2) is 41.9 Å². The van der Waals surface area contributed by atoms with Gasteiger partial charge in [-0.25, -0.2) is 4.79 Å². The van der Waals surface area contributed by atoms with Gasteiger partial charge in [0, 0.05) is 30.3 Å². The van der Waals surface area contributed by atoms with Crippen LogP contribution in [0.2, 0.25) is 0 Å². The molecule has 0 aliphatic heterocycles. The Bertz CT molecular complexity index is 208. The molecular formula is C4H12N2O6P2+2. The van der Waals surface area contributed by atoms with Gasteiger partial charge in [-0.15, -0.1) is 9.79 Å². The topological polar surface area (TPSA) is 116 Å². The molecule has 0 spiro atoms. The molecule has 0 rings (SSSR count). The van der Waals surface area contributed by atoms with Gasteiger partial charge in [-0.05, 0) is 0 Å². The summed E-state index contributed by atoms with van der Waals surface area (Å²) in [7, 11) is -0.861. The Morgan fingerprint density at radius 3 is 1.64 bits per heavy atom. The maximum Gasteiger partial charge on any atom is 0.745 e. The maximum atomic E-state index is 10.3. The standard InChI is InChI=1S/C4H10N2O.O5P2/c1-5-4(7)6(2)3;1-6(2)5-7(3)4/h1-3H3,(H,5,7);/p+2. The van der Waals surface area contributed by atoms with Gasteiger partial charge in [-0.2, -0.15) is 0 Å². The molecule has 0 aliphatic rings. The van der Waals surface area contributed by atoms with Crippen molar-refractivity contribution in [2.24, 2.45) is 0 Å². The average molecular weight is 246 g/mol. The number of nitrogens with one attached hydrogen (secondary N) is 1. The number of hydrogen-bond donors (Lipinski definition) is 3. The first-order valence-corrected chi connectivity index (χ1v) is 5.46. The highest BCUT2D eigenvalue weighted by Gasteiger charge is 2.31. The molecule has 0 saturated heterocycles. The van der Waals surface area contributed by atoms with Crippen molar-refractivity contribution in [3.05, 3.63) is 0 Å².